The highest BCUT2D eigenvalue weighted by molar-refractivity contribution is 6.06. The topological polar surface area (TPSA) is 112 Å². The lowest BCUT2D eigenvalue weighted by Gasteiger charge is -2.37. The summed E-state index contributed by atoms with van der Waals surface area (Å²) in [5.41, 5.74) is 7.39. The Hall–Kier alpha value is -4.69. The van der Waals surface area contributed by atoms with Crippen LogP contribution in [0.4, 0.5) is 5.69 Å². The van der Waals surface area contributed by atoms with Gasteiger partial charge in [-0.15, -0.1) is 0 Å². The molecule has 8 heteroatoms. The molecule has 0 spiro atoms. The first-order valence-electron chi connectivity index (χ1n) is 17.0. The summed E-state index contributed by atoms with van der Waals surface area (Å²) < 4.78 is 2.46. The lowest BCUT2D eigenvalue weighted by molar-refractivity contribution is -0.131. The number of aryl methyl sites for hydroxylation is 2. The van der Waals surface area contributed by atoms with Crippen LogP contribution >= 0.6 is 0 Å². The lowest BCUT2D eigenvalue weighted by Crippen LogP contribution is -2.61. The van der Waals surface area contributed by atoms with Gasteiger partial charge in [0.25, 0.3) is 5.91 Å². The molecule has 1 saturated carbocycles. The molecule has 2 aliphatic heterocycles. The zero-order chi connectivity index (χ0) is 32.4. The summed E-state index contributed by atoms with van der Waals surface area (Å²) in [6, 6.07) is 21.9. The summed E-state index contributed by atoms with van der Waals surface area (Å²) in [4.78, 5) is 38.8. The number of carboxylic acid groups (broad SMARTS) is 1. The Bertz CT molecular complexity index is 1840. The van der Waals surface area contributed by atoms with Gasteiger partial charge in [0.05, 0.1) is 5.69 Å². The van der Waals surface area contributed by atoms with E-state index < -0.39 is 11.5 Å². The molecule has 8 nitrogen and oxygen atoms in total. The van der Waals surface area contributed by atoms with Crippen molar-refractivity contribution in [1.82, 2.24) is 15.2 Å². The Kier molecular flexibility index (Phi) is 8.69. The Labute approximate surface area is 275 Å². The Balaban J connectivity index is 1.20. The van der Waals surface area contributed by atoms with Crippen LogP contribution in [0.5, 0.6) is 0 Å². The minimum Gasteiger partial charge on any atom is -0.478 e. The molecule has 47 heavy (non-hydrogen) atoms. The molecule has 2 amide bonds. The van der Waals surface area contributed by atoms with Crippen LogP contribution < -0.4 is 16.0 Å². The highest BCUT2D eigenvalue weighted by atomic mass is 16.4. The van der Waals surface area contributed by atoms with Crippen LogP contribution in [0.1, 0.15) is 84.3 Å². The Morgan fingerprint density at radius 3 is 2.45 bits per heavy atom. The third kappa shape index (κ3) is 6.22. The van der Waals surface area contributed by atoms with E-state index in [9.17, 15) is 14.4 Å². The average molecular weight is 631 g/mol. The first kappa shape index (κ1) is 30.9. The molecule has 1 aliphatic carbocycles. The molecule has 3 heterocycles. The number of anilines is 1. The van der Waals surface area contributed by atoms with Gasteiger partial charge in [-0.1, -0.05) is 61.7 Å². The van der Waals surface area contributed by atoms with E-state index in [0.29, 0.717) is 48.7 Å². The predicted molar refractivity (Wildman–Crippen MR) is 186 cm³/mol. The van der Waals surface area contributed by atoms with Crippen LogP contribution in [0, 0.1) is 0 Å². The third-order valence-electron chi connectivity index (χ3n) is 10.3. The number of carbonyl (C=O) groups is 3. The van der Waals surface area contributed by atoms with Crippen molar-refractivity contribution in [3.05, 3.63) is 95.1 Å². The number of hydrogen-bond acceptors (Lipinski definition) is 4. The van der Waals surface area contributed by atoms with Gasteiger partial charge in [-0.25, -0.2) is 4.79 Å². The molecule has 0 bridgehead atoms. The van der Waals surface area contributed by atoms with E-state index in [-0.39, 0.29) is 11.8 Å². The van der Waals surface area contributed by atoms with Crippen molar-refractivity contribution in [2.75, 3.05) is 18.4 Å². The Morgan fingerprint density at radius 1 is 0.915 bits per heavy atom. The summed E-state index contributed by atoms with van der Waals surface area (Å²) in [6.07, 6.45) is 11.8. The molecule has 1 saturated heterocycles. The molecule has 0 atom stereocenters. The number of nitrogens with one attached hydrogen (secondary N) is 3. The second-order valence-electron chi connectivity index (χ2n) is 13.3. The number of fused-ring (bicyclic) bond motifs is 5. The molecule has 3 aromatic carbocycles. The van der Waals surface area contributed by atoms with E-state index in [1.165, 1.54) is 66.0 Å². The van der Waals surface area contributed by atoms with Crippen molar-refractivity contribution in [1.29, 1.82) is 0 Å². The molecular formula is C39H42N4O4. The van der Waals surface area contributed by atoms with E-state index in [0.717, 1.165) is 31.0 Å². The molecule has 0 radical (unpaired) electrons. The number of hydrogen-bond donors (Lipinski definition) is 4. The van der Waals surface area contributed by atoms with Crippen LogP contribution in [-0.4, -0.2) is 46.1 Å². The van der Waals surface area contributed by atoms with Crippen molar-refractivity contribution in [3.63, 3.8) is 0 Å². The van der Waals surface area contributed by atoms with Gasteiger partial charge < -0.3 is 25.6 Å². The normalized spacial score (nSPS) is 17.9. The minimum atomic E-state index is -1.07. The number of amides is 2. The number of nitrogens with zero attached hydrogens (tertiary/aromatic N) is 1. The minimum absolute atomic E-state index is 0.248. The maximum Gasteiger partial charge on any atom is 0.328 e. The van der Waals surface area contributed by atoms with Crippen LogP contribution in [0.2, 0.25) is 0 Å². The second kappa shape index (κ2) is 13.2. The number of aliphatic carboxylic acids is 1. The van der Waals surface area contributed by atoms with Gasteiger partial charge in [0.2, 0.25) is 5.91 Å². The fourth-order valence-corrected chi connectivity index (χ4v) is 7.89. The molecule has 3 aliphatic rings. The van der Waals surface area contributed by atoms with Crippen LogP contribution in [-0.2, 0) is 22.6 Å². The van der Waals surface area contributed by atoms with Gasteiger partial charge >= 0.3 is 5.97 Å². The Morgan fingerprint density at radius 2 is 1.68 bits per heavy atom. The van der Waals surface area contributed by atoms with Gasteiger partial charge in [0, 0.05) is 40.3 Å². The molecule has 1 aromatic heterocycles. The van der Waals surface area contributed by atoms with Gasteiger partial charge in [-0.05, 0) is 105 Å². The molecule has 7 rings (SSSR count). The maximum absolute atomic E-state index is 14.1. The van der Waals surface area contributed by atoms with E-state index in [1.54, 1.807) is 24.3 Å². The van der Waals surface area contributed by atoms with Crippen LogP contribution in [0.15, 0.2) is 72.8 Å². The molecule has 242 valence electrons. The van der Waals surface area contributed by atoms with Crippen molar-refractivity contribution in [2.24, 2.45) is 0 Å². The van der Waals surface area contributed by atoms with Crippen LogP contribution in [0.3, 0.4) is 0 Å². The molecule has 2 fully saturated rings. The van der Waals surface area contributed by atoms with Crippen molar-refractivity contribution >= 4 is 40.4 Å². The number of benzene rings is 3. The second-order valence-corrected chi connectivity index (χ2v) is 13.3. The first-order valence-corrected chi connectivity index (χ1v) is 17.0. The third-order valence-corrected chi connectivity index (χ3v) is 10.3. The monoisotopic (exact) mass is 630 g/mol. The van der Waals surface area contributed by atoms with E-state index in [2.05, 4.69) is 50.8 Å². The van der Waals surface area contributed by atoms with Gasteiger partial charge in [-0.3, -0.25) is 9.59 Å². The maximum atomic E-state index is 14.1. The lowest BCUT2D eigenvalue weighted by atomic mass is 9.81. The van der Waals surface area contributed by atoms with Gasteiger partial charge in [0.1, 0.15) is 5.54 Å². The summed E-state index contributed by atoms with van der Waals surface area (Å²) in [5, 5.41) is 19.6. The zero-order valence-corrected chi connectivity index (χ0v) is 26.7. The van der Waals surface area contributed by atoms with E-state index in [4.69, 9.17) is 5.11 Å². The highest BCUT2D eigenvalue weighted by Crippen LogP contribution is 2.46. The zero-order valence-electron chi connectivity index (χ0n) is 26.7. The van der Waals surface area contributed by atoms with Gasteiger partial charge in [0.15, 0.2) is 0 Å². The fraction of sp³-hybridized carbons (Fsp3) is 0.359. The quantitative estimate of drug-likeness (QED) is 0.166. The number of aromatic nitrogens is 1. The molecule has 4 N–H and O–H groups in total. The van der Waals surface area contributed by atoms with Crippen molar-refractivity contribution in [2.45, 2.75) is 75.8 Å². The molecule has 0 unspecified atom stereocenters. The molecule has 4 aromatic rings. The largest absolute Gasteiger partial charge is 0.478 e. The van der Waals surface area contributed by atoms with Gasteiger partial charge in [-0.2, -0.15) is 0 Å². The van der Waals surface area contributed by atoms with E-state index in [1.807, 2.05) is 12.1 Å². The van der Waals surface area contributed by atoms with E-state index >= 15 is 0 Å². The SMILES string of the molecule is O=C(O)/C=C/c1ccc(NC(=O)C2(NC(=O)c3ccc4c(C5CCCCC5)c5n(c4c3)CCCc3ccccc3-5)CCNCC2)cc1. The number of carboxylic acids is 1. The summed E-state index contributed by atoms with van der Waals surface area (Å²) in [6.45, 7) is 2.13. The average Bonchev–Trinajstić information content (AvgIpc) is 3.29. The van der Waals surface area contributed by atoms with Crippen molar-refractivity contribution < 1.29 is 19.5 Å². The standard InChI is InChI=1S/C39H42N4O4/c44-34(45)19-14-26-12-16-30(17-13-26)41-38(47)39(20-22-40-23-21-39)42-37(46)29-15-18-32-33(25-29)43-24-6-10-27-7-4-5-11-31(27)36(43)35(32)28-8-2-1-3-9-28/h4-5,7,11-19,25,28,40H,1-3,6,8-10,20-24H2,(H,41,47)(H,42,46)(H,44,45)/b19-14+. The van der Waals surface area contributed by atoms with Crippen LogP contribution in [0.25, 0.3) is 28.2 Å². The number of rotatable bonds is 7. The smallest absolute Gasteiger partial charge is 0.328 e. The molecular weight excluding hydrogens is 588 g/mol. The number of piperidine rings is 1. The predicted octanol–water partition coefficient (Wildman–Crippen LogP) is 6.89. The van der Waals surface area contributed by atoms with Crippen molar-refractivity contribution in [3.8, 4) is 11.3 Å². The first-order chi connectivity index (χ1) is 22.9. The highest BCUT2D eigenvalue weighted by Gasteiger charge is 2.41. The summed E-state index contributed by atoms with van der Waals surface area (Å²) >= 11 is 0. The summed E-state index contributed by atoms with van der Waals surface area (Å²) in [5.74, 6) is -1.01. The fourth-order valence-electron chi connectivity index (χ4n) is 7.89. The number of carbonyl (C=O) groups excluding carboxylic acids is 2. The summed E-state index contributed by atoms with van der Waals surface area (Å²) in [7, 11) is 0.